The van der Waals surface area contributed by atoms with Gasteiger partial charge in [-0.25, -0.2) is 4.98 Å². The van der Waals surface area contributed by atoms with E-state index in [2.05, 4.69) is 36.3 Å². The van der Waals surface area contributed by atoms with Gasteiger partial charge in [-0.3, -0.25) is 0 Å². The van der Waals surface area contributed by atoms with Crippen molar-refractivity contribution in [3.8, 4) is 17.0 Å². The highest BCUT2D eigenvalue weighted by Crippen LogP contribution is 2.30. The van der Waals surface area contributed by atoms with Crippen LogP contribution in [0.4, 0.5) is 0 Å². The molecule has 4 nitrogen and oxygen atoms in total. The molecule has 3 rings (SSSR count). The maximum absolute atomic E-state index is 10.0. The van der Waals surface area contributed by atoms with E-state index in [0.717, 1.165) is 16.1 Å². The van der Waals surface area contributed by atoms with Crippen LogP contribution in [0.15, 0.2) is 53.6 Å². The fourth-order valence-electron chi connectivity index (χ4n) is 2.39. The summed E-state index contributed by atoms with van der Waals surface area (Å²) in [5.41, 5.74) is 4.26. The second-order valence-corrected chi connectivity index (χ2v) is 6.49. The Morgan fingerprint density at radius 1 is 1.09 bits per heavy atom. The van der Waals surface area contributed by atoms with E-state index in [0.29, 0.717) is 16.3 Å². The maximum Gasteiger partial charge on any atom is 0.145 e. The van der Waals surface area contributed by atoms with Crippen molar-refractivity contribution in [2.45, 2.75) is 13.8 Å². The molecule has 0 bridgehead atoms. The Balaban J connectivity index is 2.06. The van der Waals surface area contributed by atoms with Gasteiger partial charge in [0.15, 0.2) is 0 Å². The van der Waals surface area contributed by atoms with Crippen molar-refractivity contribution >= 4 is 17.0 Å². The summed E-state index contributed by atoms with van der Waals surface area (Å²) in [6.07, 6.45) is 0. The minimum atomic E-state index is 0.140. The largest absolute Gasteiger partial charge is 0.507 e. The smallest absolute Gasteiger partial charge is 0.145 e. The lowest BCUT2D eigenvalue weighted by Gasteiger charge is -2.04. The van der Waals surface area contributed by atoms with Gasteiger partial charge in [-0.05, 0) is 26.0 Å². The Hall–Kier alpha value is -2.66. The number of hydrazone groups is 1. The van der Waals surface area contributed by atoms with Crippen molar-refractivity contribution < 1.29 is 5.11 Å². The summed E-state index contributed by atoms with van der Waals surface area (Å²) in [7, 11) is 0. The molecule has 0 radical (unpaired) electrons. The fraction of sp³-hybridized carbons (Fsp3) is 0.111. The summed E-state index contributed by atoms with van der Waals surface area (Å²) in [6.45, 7) is 4.08. The zero-order valence-electron chi connectivity index (χ0n) is 12.9. The Labute approximate surface area is 139 Å². The van der Waals surface area contributed by atoms with Crippen LogP contribution in [0.5, 0.6) is 5.75 Å². The lowest BCUT2D eigenvalue weighted by atomic mass is 10.1. The predicted octanol–water partition coefficient (Wildman–Crippen LogP) is 3.84. The molecule has 0 aliphatic carbocycles. The van der Waals surface area contributed by atoms with E-state index in [9.17, 15) is 5.11 Å². The molecule has 3 aromatic rings. The number of aryl methyl sites for hydroxylation is 2. The highest BCUT2D eigenvalue weighted by Gasteiger charge is 2.18. The second-order valence-electron chi connectivity index (χ2n) is 5.28. The van der Waals surface area contributed by atoms with Gasteiger partial charge in [0.1, 0.15) is 16.5 Å². The second kappa shape index (κ2) is 6.22. The first-order valence-electron chi connectivity index (χ1n) is 7.21. The Bertz CT molecular complexity index is 866. The summed E-state index contributed by atoms with van der Waals surface area (Å²) >= 11 is 1.52. The quantitative estimate of drug-likeness (QED) is 0.437. The topological polar surface area (TPSA) is 71.5 Å². The van der Waals surface area contributed by atoms with Gasteiger partial charge in [0.25, 0.3) is 0 Å². The SMILES string of the molecule is Cc1ccc(-c2nc(/C(=N/N)c3ccccc3O)sc2C)cc1. The Kier molecular flexibility index (Phi) is 4.12. The molecule has 0 fully saturated rings. The summed E-state index contributed by atoms with van der Waals surface area (Å²) in [6, 6.07) is 15.2. The van der Waals surface area contributed by atoms with Gasteiger partial charge in [-0.15, -0.1) is 11.3 Å². The molecular weight excluding hydrogens is 306 g/mol. The highest BCUT2D eigenvalue weighted by atomic mass is 32.1. The van der Waals surface area contributed by atoms with E-state index in [1.54, 1.807) is 18.2 Å². The van der Waals surface area contributed by atoms with Crippen LogP contribution in [-0.4, -0.2) is 15.8 Å². The van der Waals surface area contributed by atoms with E-state index in [4.69, 9.17) is 10.8 Å². The van der Waals surface area contributed by atoms with Crippen molar-refractivity contribution in [2.75, 3.05) is 0 Å². The number of benzene rings is 2. The number of phenolic OH excluding ortho intramolecular Hbond substituents is 1. The lowest BCUT2D eigenvalue weighted by Crippen LogP contribution is -2.06. The van der Waals surface area contributed by atoms with Gasteiger partial charge < -0.3 is 10.9 Å². The number of aromatic nitrogens is 1. The van der Waals surface area contributed by atoms with Gasteiger partial charge >= 0.3 is 0 Å². The third-order valence-electron chi connectivity index (χ3n) is 3.61. The number of thiazole rings is 1. The molecule has 1 aromatic heterocycles. The molecule has 2 aromatic carbocycles. The van der Waals surface area contributed by atoms with Crippen LogP contribution < -0.4 is 5.84 Å². The number of hydrogen-bond donors (Lipinski definition) is 2. The molecule has 0 aliphatic heterocycles. The molecule has 1 heterocycles. The number of aromatic hydroxyl groups is 1. The average Bonchev–Trinajstić information content (AvgIpc) is 2.92. The number of para-hydroxylation sites is 1. The van der Waals surface area contributed by atoms with E-state index < -0.39 is 0 Å². The highest BCUT2D eigenvalue weighted by molar-refractivity contribution is 7.14. The molecule has 5 heteroatoms. The first-order valence-corrected chi connectivity index (χ1v) is 8.03. The van der Waals surface area contributed by atoms with E-state index in [1.807, 2.05) is 13.0 Å². The first kappa shape index (κ1) is 15.2. The van der Waals surface area contributed by atoms with Crippen LogP contribution in [0.3, 0.4) is 0 Å². The van der Waals surface area contributed by atoms with Crippen molar-refractivity contribution in [3.05, 3.63) is 69.5 Å². The van der Waals surface area contributed by atoms with Crippen molar-refractivity contribution in [3.63, 3.8) is 0 Å². The third kappa shape index (κ3) is 2.96. The van der Waals surface area contributed by atoms with E-state index in [-0.39, 0.29) is 5.75 Å². The number of hydrogen-bond acceptors (Lipinski definition) is 5. The molecule has 0 amide bonds. The number of phenols is 1. The van der Waals surface area contributed by atoms with Crippen LogP contribution in [0.2, 0.25) is 0 Å². The first-order chi connectivity index (χ1) is 11.1. The summed E-state index contributed by atoms with van der Waals surface area (Å²) in [5.74, 6) is 5.71. The van der Waals surface area contributed by atoms with Crippen molar-refractivity contribution in [1.82, 2.24) is 4.98 Å². The molecule has 0 spiro atoms. The van der Waals surface area contributed by atoms with Crippen molar-refractivity contribution in [2.24, 2.45) is 10.9 Å². The molecule has 0 saturated heterocycles. The number of nitrogens with zero attached hydrogens (tertiary/aromatic N) is 2. The fourth-order valence-corrected chi connectivity index (χ4v) is 3.34. The van der Waals surface area contributed by atoms with E-state index in [1.165, 1.54) is 16.9 Å². The molecule has 0 atom stereocenters. The zero-order chi connectivity index (χ0) is 16.4. The van der Waals surface area contributed by atoms with Crippen LogP contribution >= 0.6 is 11.3 Å². The zero-order valence-corrected chi connectivity index (χ0v) is 13.8. The summed E-state index contributed by atoms with van der Waals surface area (Å²) in [5, 5.41) is 14.6. The van der Waals surface area contributed by atoms with Crippen LogP contribution in [0.25, 0.3) is 11.3 Å². The van der Waals surface area contributed by atoms with Gasteiger partial charge in [0.2, 0.25) is 0 Å². The molecule has 0 saturated carbocycles. The van der Waals surface area contributed by atoms with Crippen LogP contribution in [0, 0.1) is 13.8 Å². The third-order valence-corrected chi connectivity index (χ3v) is 4.59. The summed E-state index contributed by atoms with van der Waals surface area (Å²) in [4.78, 5) is 5.78. The molecule has 0 aliphatic rings. The van der Waals surface area contributed by atoms with Crippen LogP contribution in [-0.2, 0) is 0 Å². The van der Waals surface area contributed by atoms with E-state index >= 15 is 0 Å². The number of rotatable bonds is 3. The van der Waals surface area contributed by atoms with Crippen molar-refractivity contribution in [1.29, 1.82) is 0 Å². The normalized spacial score (nSPS) is 11.7. The van der Waals surface area contributed by atoms with Gasteiger partial charge in [-0.1, -0.05) is 42.0 Å². The minimum absolute atomic E-state index is 0.140. The molecular formula is C18H17N3OS. The van der Waals surface area contributed by atoms with Gasteiger partial charge in [-0.2, -0.15) is 5.10 Å². The van der Waals surface area contributed by atoms with Gasteiger partial charge in [0.05, 0.1) is 5.69 Å². The van der Waals surface area contributed by atoms with Gasteiger partial charge in [0, 0.05) is 16.0 Å². The maximum atomic E-state index is 10.0. The minimum Gasteiger partial charge on any atom is -0.507 e. The Morgan fingerprint density at radius 2 is 1.78 bits per heavy atom. The summed E-state index contributed by atoms with van der Waals surface area (Å²) < 4.78 is 0. The molecule has 23 heavy (non-hydrogen) atoms. The number of nitrogens with two attached hydrogens (primary N) is 1. The standard InChI is InChI=1S/C18H17N3OS/c1-11-7-9-13(10-8-11)16-12(2)23-18(20-16)17(21-19)14-5-3-4-6-15(14)22/h3-10,22H,19H2,1-2H3/b21-17+. The molecule has 116 valence electrons. The molecule has 3 N–H and O–H groups in total. The van der Waals surface area contributed by atoms with Crippen LogP contribution in [0.1, 0.15) is 21.0 Å². The monoisotopic (exact) mass is 323 g/mol. The average molecular weight is 323 g/mol. The Morgan fingerprint density at radius 3 is 2.43 bits per heavy atom. The lowest BCUT2D eigenvalue weighted by molar-refractivity contribution is 0.474. The predicted molar refractivity (Wildman–Crippen MR) is 95.0 cm³/mol. The molecule has 0 unspecified atom stereocenters.